The average molecular weight is 245 g/mol. The van der Waals surface area contributed by atoms with Crippen LogP contribution in [-0.4, -0.2) is 22.1 Å². The van der Waals surface area contributed by atoms with Gasteiger partial charge >= 0.3 is 5.97 Å². The third kappa shape index (κ3) is 2.69. The number of carbonyl (C=O) groups is 1. The van der Waals surface area contributed by atoms with Crippen LogP contribution < -0.4 is 5.32 Å². The zero-order valence-electron chi connectivity index (χ0n) is 6.99. The molecule has 70 valence electrons. The maximum Gasteiger partial charge on any atom is 0.325 e. The normalized spacial score (nSPS) is 12.2. The Morgan fingerprint density at radius 3 is 3.00 bits per heavy atom. The molecule has 0 aliphatic heterocycles. The molecule has 2 N–H and O–H groups in total. The first-order valence-electron chi connectivity index (χ1n) is 3.71. The van der Waals surface area contributed by atoms with Crippen molar-refractivity contribution in [3.8, 4) is 0 Å². The Morgan fingerprint density at radius 1 is 1.77 bits per heavy atom. The van der Waals surface area contributed by atoms with Crippen LogP contribution in [0.15, 0.2) is 22.9 Å². The van der Waals surface area contributed by atoms with Crippen molar-refractivity contribution in [1.82, 2.24) is 4.98 Å². The summed E-state index contributed by atoms with van der Waals surface area (Å²) in [5.41, 5.74) is 0.678. The molecule has 0 spiro atoms. The minimum Gasteiger partial charge on any atom is -0.480 e. The highest BCUT2D eigenvalue weighted by atomic mass is 79.9. The summed E-state index contributed by atoms with van der Waals surface area (Å²) in [6, 6.07) is 2.87. The van der Waals surface area contributed by atoms with Gasteiger partial charge in [0.25, 0.3) is 0 Å². The number of carboxylic acids is 1. The van der Waals surface area contributed by atoms with Crippen LogP contribution >= 0.6 is 15.9 Å². The van der Waals surface area contributed by atoms with Crippen molar-refractivity contribution in [3.05, 3.63) is 22.9 Å². The molecule has 0 aliphatic carbocycles. The van der Waals surface area contributed by atoms with Crippen LogP contribution in [-0.2, 0) is 4.79 Å². The highest BCUT2D eigenvalue weighted by molar-refractivity contribution is 9.10. The van der Waals surface area contributed by atoms with Crippen LogP contribution in [0.5, 0.6) is 0 Å². The number of nitrogens with zero attached hydrogens (tertiary/aromatic N) is 1. The number of hydrogen-bond donors (Lipinski definition) is 2. The molecule has 0 aliphatic rings. The summed E-state index contributed by atoms with van der Waals surface area (Å²) >= 11 is 3.21. The lowest BCUT2D eigenvalue weighted by Gasteiger charge is -2.10. The number of halogens is 1. The second-order valence-electron chi connectivity index (χ2n) is 2.55. The van der Waals surface area contributed by atoms with E-state index in [4.69, 9.17) is 5.11 Å². The summed E-state index contributed by atoms with van der Waals surface area (Å²) in [5, 5.41) is 11.4. The maximum absolute atomic E-state index is 10.5. The first kappa shape index (κ1) is 9.98. The van der Waals surface area contributed by atoms with Crippen molar-refractivity contribution in [2.75, 3.05) is 5.32 Å². The van der Waals surface area contributed by atoms with Crippen molar-refractivity contribution in [3.63, 3.8) is 0 Å². The molecule has 13 heavy (non-hydrogen) atoms. The van der Waals surface area contributed by atoms with Crippen LogP contribution in [0.3, 0.4) is 0 Å². The summed E-state index contributed by atoms with van der Waals surface area (Å²) in [6.45, 7) is 1.57. The van der Waals surface area contributed by atoms with Gasteiger partial charge in [-0.2, -0.15) is 0 Å². The Morgan fingerprint density at radius 2 is 2.46 bits per heavy atom. The van der Waals surface area contributed by atoms with Crippen LogP contribution in [0.2, 0.25) is 0 Å². The van der Waals surface area contributed by atoms with Crippen LogP contribution in [0.1, 0.15) is 6.92 Å². The molecular weight excluding hydrogens is 236 g/mol. The zero-order chi connectivity index (χ0) is 9.84. The molecule has 4 nitrogen and oxygen atoms in total. The Bertz CT molecular complexity index is 317. The van der Waals surface area contributed by atoms with Crippen molar-refractivity contribution < 1.29 is 9.90 Å². The van der Waals surface area contributed by atoms with Crippen LogP contribution in [0.4, 0.5) is 5.69 Å². The quantitative estimate of drug-likeness (QED) is 0.796. The largest absolute Gasteiger partial charge is 0.480 e. The Balaban J connectivity index is 2.74. The molecule has 1 heterocycles. The first-order valence-corrected chi connectivity index (χ1v) is 4.50. The number of nitrogens with one attached hydrogen (secondary N) is 1. The molecule has 1 aromatic heterocycles. The number of aliphatic carboxylic acids is 1. The van der Waals surface area contributed by atoms with Gasteiger partial charge in [0.1, 0.15) is 10.6 Å². The summed E-state index contributed by atoms with van der Waals surface area (Å²) in [6.07, 6.45) is 1.63. The SMILES string of the molecule is CC(Nc1cccnc1Br)C(=O)O. The lowest BCUT2D eigenvalue weighted by molar-refractivity contribution is -0.137. The van der Waals surface area contributed by atoms with Crippen molar-refractivity contribution in [2.24, 2.45) is 0 Å². The lowest BCUT2D eigenvalue weighted by Crippen LogP contribution is -2.25. The van der Waals surface area contributed by atoms with Gasteiger partial charge in [0.2, 0.25) is 0 Å². The van der Waals surface area contributed by atoms with Gasteiger partial charge in [-0.15, -0.1) is 0 Å². The monoisotopic (exact) mass is 244 g/mol. The molecule has 0 fully saturated rings. The minimum absolute atomic E-state index is 0.614. The lowest BCUT2D eigenvalue weighted by atomic mass is 10.3. The Hall–Kier alpha value is -1.10. The predicted molar refractivity (Wildman–Crippen MR) is 52.7 cm³/mol. The topological polar surface area (TPSA) is 62.2 Å². The zero-order valence-corrected chi connectivity index (χ0v) is 8.58. The molecule has 1 unspecified atom stereocenters. The highest BCUT2D eigenvalue weighted by Gasteiger charge is 2.11. The number of rotatable bonds is 3. The third-order valence-electron chi connectivity index (χ3n) is 1.50. The first-order chi connectivity index (χ1) is 6.11. The van der Waals surface area contributed by atoms with Crippen molar-refractivity contribution in [1.29, 1.82) is 0 Å². The van der Waals surface area contributed by atoms with Crippen LogP contribution in [0.25, 0.3) is 0 Å². The summed E-state index contributed by atoms with van der Waals surface area (Å²) in [7, 11) is 0. The van der Waals surface area contributed by atoms with E-state index in [0.717, 1.165) is 0 Å². The number of aromatic nitrogens is 1. The molecular formula is C8H9BrN2O2. The van der Waals surface area contributed by atoms with E-state index in [1.165, 1.54) is 0 Å². The number of anilines is 1. The summed E-state index contributed by atoms with van der Waals surface area (Å²) in [4.78, 5) is 14.5. The molecule has 1 aromatic rings. The molecule has 1 atom stereocenters. The fourth-order valence-electron chi connectivity index (χ4n) is 0.789. The van der Waals surface area contributed by atoms with Gasteiger partial charge in [0.05, 0.1) is 5.69 Å². The van der Waals surface area contributed by atoms with Gasteiger partial charge in [-0.05, 0) is 35.0 Å². The average Bonchev–Trinajstić information content (AvgIpc) is 2.08. The maximum atomic E-state index is 10.5. The molecule has 0 amide bonds. The predicted octanol–water partition coefficient (Wildman–Crippen LogP) is 1.73. The second-order valence-corrected chi connectivity index (χ2v) is 3.30. The third-order valence-corrected chi connectivity index (χ3v) is 2.13. The van der Waals surface area contributed by atoms with Gasteiger partial charge in [-0.25, -0.2) is 4.98 Å². The highest BCUT2D eigenvalue weighted by Crippen LogP contribution is 2.18. The van der Waals surface area contributed by atoms with Crippen LogP contribution in [0, 0.1) is 0 Å². The van der Waals surface area contributed by atoms with E-state index in [1.807, 2.05) is 0 Å². The fraction of sp³-hybridized carbons (Fsp3) is 0.250. The second kappa shape index (κ2) is 4.23. The molecule has 0 bridgehead atoms. The molecule has 0 aromatic carbocycles. The number of carboxylic acid groups (broad SMARTS) is 1. The standard InChI is InChI=1S/C8H9BrN2O2/c1-5(8(12)13)11-6-3-2-4-10-7(6)9/h2-5,11H,1H3,(H,12,13). The van der Waals surface area contributed by atoms with E-state index in [-0.39, 0.29) is 0 Å². The van der Waals surface area contributed by atoms with Crippen molar-refractivity contribution >= 4 is 27.6 Å². The molecule has 1 rings (SSSR count). The van der Waals surface area contributed by atoms with E-state index < -0.39 is 12.0 Å². The Labute approximate surface area is 84.1 Å². The van der Waals surface area contributed by atoms with Gasteiger partial charge in [0.15, 0.2) is 0 Å². The van der Waals surface area contributed by atoms with Gasteiger partial charge in [-0.1, -0.05) is 0 Å². The number of pyridine rings is 1. The van der Waals surface area contributed by atoms with Gasteiger partial charge in [0, 0.05) is 6.20 Å². The smallest absolute Gasteiger partial charge is 0.325 e. The van der Waals surface area contributed by atoms with E-state index in [9.17, 15) is 4.79 Å². The van der Waals surface area contributed by atoms with E-state index in [0.29, 0.717) is 10.3 Å². The molecule has 0 radical (unpaired) electrons. The number of hydrogen-bond acceptors (Lipinski definition) is 3. The minimum atomic E-state index is -0.893. The van der Waals surface area contributed by atoms with E-state index in [2.05, 4.69) is 26.2 Å². The molecule has 0 saturated heterocycles. The van der Waals surface area contributed by atoms with E-state index >= 15 is 0 Å². The summed E-state index contributed by atoms with van der Waals surface area (Å²) < 4.78 is 0.614. The Kier molecular flexibility index (Phi) is 3.25. The summed E-state index contributed by atoms with van der Waals surface area (Å²) in [5.74, 6) is -0.893. The van der Waals surface area contributed by atoms with Gasteiger partial charge < -0.3 is 10.4 Å². The van der Waals surface area contributed by atoms with E-state index in [1.54, 1.807) is 25.3 Å². The fourth-order valence-corrected chi connectivity index (χ4v) is 1.15. The van der Waals surface area contributed by atoms with Gasteiger partial charge in [-0.3, -0.25) is 4.79 Å². The molecule has 0 saturated carbocycles. The molecule has 5 heteroatoms. The van der Waals surface area contributed by atoms with Crippen molar-refractivity contribution in [2.45, 2.75) is 13.0 Å².